The minimum absolute atomic E-state index is 0.429. The van der Waals surface area contributed by atoms with Gasteiger partial charge in [0.15, 0.2) is 0 Å². The normalized spacial score (nSPS) is 11.1. The number of nitrogen functional groups attached to an aromatic ring is 1. The average molecular weight is 244 g/mol. The van der Waals surface area contributed by atoms with Crippen molar-refractivity contribution in [3.8, 4) is 11.3 Å². The van der Waals surface area contributed by atoms with Crippen LogP contribution in [0.5, 0.6) is 0 Å². The lowest BCUT2D eigenvalue weighted by atomic mass is 10.1. The number of fused-ring (bicyclic) bond motifs is 1. The molecule has 2 N–H and O–H groups in total. The van der Waals surface area contributed by atoms with E-state index in [0.717, 1.165) is 23.2 Å². The summed E-state index contributed by atoms with van der Waals surface area (Å²) >= 11 is 1.71. The first-order valence-electron chi connectivity index (χ1n) is 5.52. The third-order valence-corrected chi connectivity index (χ3v) is 3.87. The van der Waals surface area contributed by atoms with Crippen molar-refractivity contribution in [1.29, 1.82) is 0 Å². The van der Waals surface area contributed by atoms with Crippen molar-refractivity contribution in [2.45, 2.75) is 13.3 Å². The molecular formula is C13H12N2OS. The van der Waals surface area contributed by atoms with Crippen molar-refractivity contribution in [2.75, 3.05) is 5.73 Å². The molecule has 0 fully saturated rings. The Balaban J connectivity index is 2.27. The van der Waals surface area contributed by atoms with E-state index in [2.05, 4.69) is 29.6 Å². The van der Waals surface area contributed by atoms with Crippen LogP contribution >= 0.6 is 11.3 Å². The molecule has 3 aromatic rings. The number of rotatable bonds is 2. The summed E-state index contributed by atoms with van der Waals surface area (Å²) in [6, 6.07) is 8.29. The highest BCUT2D eigenvalue weighted by Crippen LogP contribution is 2.36. The molecule has 4 heteroatoms. The van der Waals surface area contributed by atoms with Gasteiger partial charge in [0.2, 0.25) is 5.88 Å². The van der Waals surface area contributed by atoms with Crippen molar-refractivity contribution in [2.24, 2.45) is 0 Å². The summed E-state index contributed by atoms with van der Waals surface area (Å²) in [6.07, 6.45) is 0.828. The molecule has 1 aromatic carbocycles. The first-order valence-corrected chi connectivity index (χ1v) is 6.40. The molecule has 0 atom stereocenters. The Morgan fingerprint density at radius 2 is 2.18 bits per heavy atom. The maximum Gasteiger partial charge on any atom is 0.225 e. The van der Waals surface area contributed by atoms with Gasteiger partial charge in [0.25, 0.3) is 0 Å². The Bertz CT molecular complexity index is 669. The summed E-state index contributed by atoms with van der Waals surface area (Å²) in [5.74, 6) is 0.429. The second kappa shape index (κ2) is 3.89. The first-order chi connectivity index (χ1) is 8.31. The molecule has 0 bridgehead atoms. The van der Waals surface area contributed by atoms with E-state index in [1.165, 1.54) is 10.1 Å². The van der Waals surface area contributed by atoms with Crippen LogP contribution in [-0.2, 0) is 6.42 Å². The van der Waals surface area contributed by atoms with Crippen LogP contribution < -0.4 is 5.73 Å². The number of hydrogen-bond donors (Lipinski definition) is 1. The Morgan fingerprint density at radius 3 is 3.00 bits per heavy atom. The summed E-state index contributed by atoms with van der Waals surface area (Å²) in [4.78, 5) is 0. The van der Waals surface area contributed by atoms with Crippen molar-refractivity contribution in [1.82, 2.24) is 5.16 Å². The van der Waals surface area contributed by atoms with Gasteiger partial charge in [0.05, 0.1) is 0 Å². The molecule has 0 saturated carbocycles. The van der Waals surface area contributed by atoms with Crippen molar-refractivity contribution in [3.63, 3.8) is 0 Å². The predicted molar refractivity (Wildman–Crippen MR) is 71.1 cm³/mol. The van der Waals surface area contributed by atoms with Crippen molar-refractivity contribution < 1.29 is 4.52 Å². The van der Waals surface area contributed by atoms with Crippen LogP contribution in [0, 0.1) is 0 Å². The highest BCUT2D eigenvalue weighted by atomic mass is 32.1. The maximum atomic E-state index is 5.78. The summed E-state index contributed by atoms with van der Waals surface area (Å²) in [6.45, 7) is 2.06. The van der Waals surface area contributed by atoms with Crippen LogP contribution in [0.15, 0.2) is 34.2 Å². The minimum atomic E-state index is 0.429. The van der Waals surface area contributed by atoms with Crippen LogP contribution in [0.25, 0.3) is 21.3 Å². The number of thiophene rings is 1. The second-order valence-corrected chi connectivity index (χ2v) is 4.78. The van der Waals surface area contributed by atoms with Crippen LogP contribution in [0.4, 0.5) is 5.88 Å². The van der Waals surface area contributed by atoms with Gasteiger partial charge in [-0.3, -0.25) is 0 Å². The van der Waals surface area contributed by atoms with E-state index < -0.39 is 0 Å². The SMILES string of the molecule is CCc1c(-c2csc3ccccc23)noc1N. The molecule has 17 heavy (non-hydrogen) atoms. The van der Waals surface area contributed by atoms with Crippen LogP contribution in [0.1, 0.15) is 12.5 Å². The fourth-order valence-electron chi connectivity index (χ4n) is 2.04. The Morgan fingerprint density at radius 1 is 1.35 bits per heavy atom. The lowest BCUT2D eigenvalue weighted by Crippen LogP contribution is -1.89. The molecule has 0 aliphatic rings. The van der Waals surface area contributed by atoms with E-state index >= 15 is 0 Å². The summed E-state index contributed by atoms with van der Waals surface area (Å²) in [7, 11) is 0. The van der Waals surface area contributed by atoms with E-state index in [1.54, 1.807) is 11.3 Å². The van der Waals surface area contributed by atoms with E-state index in [-0.39, 0.29) is 0 Å². The summed E-state index contributed by atoms with van der Waals surface area (Å²) < 4.78 is 6.35. The molecule has 3 nitrogen and oxygen atoms in total. The smallest absolute Gasteiger partial charge is 0.225 e. The quantitative estimate of drug-likeness (QED) is 0.747. The summed E-state index contributed by atoms with van der Waals surface area (Å²) in [5, 5.41) is 7.41. The van der Waals surface area contributed by atoms with Gasteiger partial charge in [0.1, 0.15) is 5.69 Å². The molecule has 0 aliphatic carbocycles. The second-order valence-electron chi connectivity index (χ2n) is 3.87. The zero-order valence-corrected chi connectivity index (χ0v) is 10.3. The zero-order chi connectivity index (χ0) is 11.8. The third-order valence-electron chi connectivity index (χ3n) is 2.91. The molecule has 0 spiro atoms. The van der Waals surface area contributed by atoms with Gasteiger partial charge < -0.3 is 10.3 Å². The molecule has 3 rings (SSSR count). The van der Waals surface area contributed by atoms with Crippen LogP contribution in [0.2, 0.25) is 0 Å². The molecule has 2 heterocycles. The highest BCUT2D eigenvalue weighted by molar-refractivity contribution is 7.17. The number of benzene rings is 1. The van der Waals surface area contributed by atoms with Gasteiger partial charge in [-0.25, -0.2) is 0 Å². The van der Waals surface area contributed by atoms with E-state index in [0.29, 0.717) is 5.88 Å². The Kier molecular flexibility index (Phi) is 2.37. The van der Waals surface area contributed by atoms with Crippen molar-refractivity contribution >= 4 is 27.3 Å². The Labute approximate surface area is 103 Å². The molecule has 0 aliphatic heterocycles. The number of aromatic nitrogens is 1. The lowest BCUT2D eigenvalue weighted by Gasteiger charge is -1.97. The van der Waals surface area contributed by atoms with E-state index in [9.17, 15) is 0 Å². The van der Waals surface area contributed by atoms with Crippen LogP contribution in [-0.4, -0.2) is 5.16 Å². The van der Waals surface area contributed by atoms with Crippen LogP contribution in [0.3, 0.4) is 0 Å². The van der Waals surface area contributed by atoms with Gasteiger partial charge >= 0.3 is 0 Å². The number of nitrogens with zero attached hydrogens (tertiary/aromatic N) is 1. The number of nitrogens with two attached hydrogens (primary N) is 1. The van der Waals surface area contributed by atoms with Gasteiger partial charge in [0, 0.05) is 26.6 Å². The molecule has 0 saturated heterocycles. The first kappa shape index (κ1) is 10.4. The fourth-order valence-corrected chi connectivity index (χ4v) is 2.98. The molecule has 0 unspecified atom stereocenters. The van der Waals surface area contributed by atoms with Gasteiger partial charge in [-0.2, -0.15) is 0 Å². The van der Waals surface area contributed by atoms with Crippen molar-refractivity contribution in [3.05, 3.63) is 35.2 Å². The maximum absolute atomic E-state index is 5.78. The fraction of sp³-hybridized carbons (Fsp3) is 0.154. The molecule has 86 valence electrons. The number of hydrogen-bond acceptors (Lipinski definition) is 4. The monoisotopic (exact) mass is 244 g/mol. The van der Waals surface area contributed by atoms with E-state index in [4.69, 9.17) is 10.3 Å². The predicted octanol–water partition coefficient (Wildman–Crippen LogP) is 3.70. The van der Waals surface area contributed by atoms with E-state index in [1.807, 2.05) is 12.1 Å². The largest absolute Gasteiger partial charge is 0.367 e. The highest BCUT2D eigenvalue weighted by Gasteiger charge is 2.16. The zero-order valence-electron chi connectivity index (χ0n) is 9.43. The molecular weight excluding hydrogens is 232 g/mol. The van der Waals surface area contributed by atoms with Gasteiger partial charge in [-0.15, -0.1) is 11.3 Å². The average Bonchev–Trinajstić information content (AvgIpc) is 2.92. The molecule has 0 radical (unpaired) electrons. The van der Waals surface area contributed by atoms with Gasteiger partial charge in [-0.1, -0.05) is 30.3 Å². The molecule has 0 amide bonds. The Hall–Kier alpha value is -1.81. The third kappa shape index (κ3) is 1.52. The minimum Gasteiger partial charge on any atom is -0.367 e. The topological polar surface area (TPSA) is 52.0 Å². The standard InChI is InChI=1S/C13H12N2OS/c1-2-8-12(15-16-13(8)14)10-7-17-11-6-4-3-5-9(10)11/h3-7H,2,14H2,1H3. The summed E-state index contributed by atoms with van der Waals surface area (Å²) in [5.41, 5.74) is 8.76. The molecule has 2 aromatic heterocycles. The lowest BCUT2D eigenvalue weighted by molar-refractivity contribution is 0.438. The number of anilines is 1. The van der Waals surface area contributed by atoms with Gasteiger partial charge in [-0.05, 0) is 12.5 Å².